The molecule has 2 aromatic rings. The van der Waals surface area contributed by atoms with Crippen molar-refractivity contribution in [2.75, 3.05) is 13.9 Å². The average Bonchev–Trinajstić information content (AvgIpc) is 3.27. The molecule has 0 aliphatic carbocycles. The maximum atomic E-state index is 12.3. The molecule has 1 N–H and O–H groups in total. The van der Waals surface area contributed by atoms with Crippen molar-refractivity contribution in [3.05, 3.63) is 58.5 Å². The van der Waals surface area contributed by atoms with Crippen LogP contribution in [0, 0.1) is 0 Å². The second kappa shape index (κ2) is 7.16. The zero-order valence-electron chi connectivity index (χ0n) is 14.2. The van der Waals surface area contributed by atoms with E-state index >= 15 is 0 Å². The predicted molar refractivity (Wildman–Crippen MR) is 101 cm³/mol. The first-order chi connectivity index (χ1) is 13.1. The van der Waals surface area contributed by atoms with Gasteiger partial charge in [0.2, 0.25) is 6.79 Å². The lowest BCUT2D eigenvalue weighted by Crippen LogP contribution is -2.20. The van der Waals surface area contributed by atoms with Crippen LogP contribution >= 0.6 is 11.8 Å². The lowest BCUT2D eigenvalue weighted by atomic mass is 10.1. The molecule has 1 saturated heterocycles. The molecule has 2 amide bonds. The van der Waals surface area contributed by atoms with Gasteiger partial charge in [0.15, 0.2) is 16.7 Å². The van der Waals surface area contributed by atoms with Crippen LogP contribution in [0.4, 0.5) is 0 Å². The maximum Gasteiger partial charge on any atom is 0.279 e. The fraction of sp³-hybridized carbons (Fsp3) is 0.105. The topological polar surface area (TPSA) is 86.2 Å². The van der Waals surface area contributed by atoms with Crippen LogP contribution in [0.25, 0.3) is 6.08 Å². The third-order valence-electron chi connectivity index (χ3n) is 3.89. The molecule has 2 heterocycles. The summed E-state index contributed by atoms with van der Waals surface area (Å²) in [5, 5.41) is 2.84. The monoisotopic (exact) mass is 382 g/mol. The van der Waals surface area contributed by atoms with E-state index in [-0.39, 0.29) is 17.9 Å². The number of fused-ring (bicyclic) bond motifs is 1. The molecule has 0 bridgehead atoms. The molecule has 0 spiro atoms. The molecule has 136 valence electrons. The van der Waals surface area contributed by atoms with Crippen molar-refractivity contribution < 1.29 is 23.8 Å². The van der Waals surface area contributed by atoms with Gasteiger partial charge in [-0.3, -0.25) is 9.59 Å². The van der Waals surface area contributed by atoms with Gasteiger partial charge in [-0.25, -0.2) is 0 Å². The van der Waals surface area contributed by atoms with Crippen LogP contribution < -0.4 is 19.5 Å². The molecule has 4 rings (SSSR count). The summed E-state index contributed by atoms with van der Waals surface area (Å²) in [5.41, 5.74) is 1.12. The van der Waals surface area contributed by atoms with Crippen molar-refractivity contribution in [2.45, 2.75) is 0 Å². The Hall–Kier alpha value is -3.26. The zero-order valence-corrected chi connectivity index (χ0v) is 15.0. The highest BCUT2D eigenvalue weighted by Crippen LogP contribution is 2.40. The summed E-state index contributed by atoms with van der Waals surface area (Å²) >= 11 is 1.09. The summed E-state index contributed by atoms with van der Waals surface area (Å²) in [5.74, 6) is 0.970. The van der Waals surface area contributed by atoms with Gasteiger partial charge in [-0.1, -0.05) is 18.2 Å². The van der Waals surface area contributed by atoms with Gasteiger partial charge in [0, 0.05) is 17.2 Å². The molecule has 2 aromatic carbocycles. The standard InChI is InChI=1S/C19H14N2O5S/c1-24-13-9-15-14(25-10-26-15)7-12(13)8-16-18(23)21-19(27-16)20-17(22)11-5-3-2-4-6-11/h2-9H,10H2,1H3,(H,20,21,22,23)/b16-8-. The Labute approximate surface area is 159 Å². The summed E-state index contributed by atoms with van der Waals surface area (Å²) in [6.45, 7) is 0.145. The molecule has 8 heteroatoms. The van der Waals surface area contributed by atoms with E-state index in [4.69, 9.17) is 14.2 Å². The van der Waals surface area contributed by atoms with Crippen molar-refractivity contribution >= 4 is 34.8 Å². The van der Waals surface area contributed by atoms with Crippen molar-refractivity contribution in [2.24, 2.45) is 4.99 Å². The molecule has 0 aromatic heterocycles. The number of ether oxygens (including phenoxy) is 3. The fourth-order valence-corrected chi connectivity index (χ4v) is 3.40. The van der Waals surface area contributed by atoms with Crippen LogP contribution in [0.15, 0.2) is 52.4 Å². The van der Waals surface area contributed by atoms with Gasteiger partial charge in [0.1, 0.15) is 5.75 Å². The third kappa shape index (κ3) is 3.52. The molecular formula is C19H14N2O5S. The van der Waals surface area contributed by atoms with Gasteiger partial charge in [0.05, 0.1) is 12.0 Å². The van der Waals surface area contributed by atoms with Gasteiger partial charge >= 0.3 is 0 Å². The number of carbonyl (C=O) groups is 2. The molecule has 7 nitrogen and oxygen atoms in total. The minimum absolute atomic E-state index is 0.145. The average molecular weight is 382 g/mol. The van der Waals surface area contributed by atoms with Crippen molar-refractivity contribution in [3.63, 3.8) is 0 Å². The van der Waals surface area contributed by atoms with E-state index < -0.39 is 5.91 Å². The van der Waals surface area contributed by atoms with Crippen LogP contribution in [0.1, 0.15) is 15.9 Å². The Balaban J connectivity index is 1.60. The number of benzene rings is 2. The smallest absolute Gasteiger partial charge is 0.279 e. The lowest BCUT2D eigenvalue weighted by molar-refractivity contribution is -0.115. The molecule has 27 heavy (non-hydrogen) atoms. The molecular weight excluding hydrogens is 368 g/mol. The van der Waals surface area contributed by atoms with Crippen LogP contribution in [0.2, 0.25) is 0 Å². The second-order valence-corrected chi connectivity index (χ2v) is 6.63. The maximum absolute atomic E-state index is 12.3. The summed E-state index contributed by atoms with van der Waals surface area (Å²) in [7, 11) is 1.53. The van der Waals surface area contributed by atoms with Gasteiger partial charge in [0.25, 0.3) is 11.8 Å². The second-order valence-electron chi connectivity index (χ2n) is 5.60. The first kappa shape index (κ1) is 17.2. The summed E-state index contributed by atoms with van der Waals surface area (Å²) in [6, 6.07) is 12.1. The lowest BCUT2D eigenvalue weighted by Gasteiger charge is -2.06. The predicted octanol–water partition coefficient (Wildman–Crippen LogP) is 2.82. The molecule has 2 aliphatic heterocycles. The number of nitrogens with one attached hydrogen (secondary N) is 1. The minimum atomic E-state index is -0.416. The number of amidine groups is 1. The van der Waals surface area contributed by atoms with Gasteiger partial charge in [-0.2, -0.15) is 4.99 Å². The fourth-order valence-electron chi connectivity index (χ4n) is 2.59. The molecule has 0 atom stereocenters. The van der Waals surface area contributed by atoms with E-state index in [1.165, 1.54) is 7.11 Å². The van der Waals surface area contributed by atoms with Crippen LogP contribution in [-0.4, -0.2) is 30.9 Å². The Morgan fingerprint density at radius 2 is 1.96 bits per heavy atom. The van der Waals surface area contributed by atoms with E-state index in [1.807, 2.05) is 6.07 Å². The van der Waals surface area contributed by atoms with E-state index in [1.54, 1.807) is 42.5 Å². The minimum Gasteiger partial charge on any atom is -0.496 e. The number of thioether (sulfide) groups is 1. The molecule has 0 saturated carbocycles. The Bertz CT molecular complexity index is 985. The van der Waals surface area contributed by atoms with E-state index in [0.29, 0.717) is 33.3 Å². The van der Waals surface area contributed by atoms with Crippen LogP contribution in [0.3, 0.4) is 0 Å². The SMILES string of the molecule is COc1cc2c(cc1/C=C1\SC(=NC(=O)c3ccccc3)NC1=O)OCO2. The number of hydrogen-bond acceptors (Lipinski definition) is 6. The highest BCUT2D eigenvalue weighted by Gasteiger charge is 2.26. The van der Waals surface area contributed by atoms with E-state index in [9.17, 15) is 9.59 Å². The van der Waals surface area contributed by atoms with Gasteiger partial charge in [-0.05, 0) is 36.0 Å². The first-order valence-electron chi connectivity index (χ1n) is 8.00. The number of nitrogens with zero attached hydrogens (tertiary/aromatic N) is 1. The number of aliphatic imine (C=N–C) groups is 1. The molecule has 0 radical (unpaired) electrons. The highest BCUT2D eigenvalue weighted by atomic mass is 32.2. The largest absolute Gasteiger partial charge is 0.496 e. The van der Waals surface area contributed by atoms with Crippen LogP contribution in [0.5, 0.6) is 17.2 Å². The Morgan fingerprint density at radius 3 is 2.70 bits per heavy atom. The highest BCUT2D eigenvalue weighted by molar-refractivity contribution is 8.18. The van der Waals surface area contributed by atoms with E-state index in [2.05, 4.69) is 10.3 Å². The summed E-state index contributed by atoms with van der Waals surface area (Å²) < 4.78 is 16.1. The summed E-state index contributed by atoms with van der Waals surface area (Å²) in [6.07, 6.45) is 1.66. The number of carbonyl (C=O) groups excluding carboxylic acids is 2. The molecule has 1 fully saturated rings. The van der Waals surface area contributed by atoms with Gasteiger partial charge < -0.3 is 19.5 Å². The van der Waals surface area contributed by atoms with Gasteiger partial charge in [-0.15, -0.1) is 0 Å². The molecule has 2 aliphatic rings. The van der Waals surface area contributed by atoms with Crippen LogP contribution in [-0.2, 0) is 4.79 Å². The Kier molecular flexibility index (Phi) is 4.55. The summed E-state index contributed by atoms with van der Waals surface area (Å²) in [4.78, 5) is 28.8. The third-order valence-corrected chi connectivity index (χ3v) is 4.80. The zero-order chi connectivity index (χ0) is 18.8. The molecule has 0 unspecified atom stereocenters. The normalized spacial score (nSPS) is 18.0. The Morgan fingerprint density at radius 1 is 1.22 bits per heavy atom. The first-order valence-corrected chi connectivity index (χ1v) is 8.82. The number of rotatable bonds is 3. The van der Waals surface area contributed by atoms with Crippen molar-refractivity contribution in [1.82, 2.24) is 5.32 Å². The van der Waals surface area contributed by atoms with Crippen molar-refractivity contribution in [1.29, 1.82) is 0 Å². The van der Waals surface area contributed by atoms with E-state index in [0.717, 1.165) is 11.8 Å². The van der Waals surface area contributed by atoms with Crippen molar-refractivity contribution in [3.8, 4) is 17.2 Å². The quantitative estimate of drug-likeness (QED) is 0.822. The number of hydrogen-bond donors (Lipinski definition) is 1. The number of methoxy groups -OCH3 is 1. The number of amides is 2.